The molecule has 0 aliphatic carbocycles. The predicted octanol–water partition coefficient (Wildman–Crippen LogP) is 3.63. The van der Waals surface area contributed by atoms with Crippen LogP contribution in [0.5, 0.6) is 0 Å². The summed E-state index contributed by atoms with van der Waals surface area (Å²) in [5.74, 6) is 0. The maximum absolute atomic E-state index is 9.31. The normalized spacial score (nSPS) is 10.3. The summed E-state index contributed by atoms with van der Waals surface area (Å²) < 4.78 is 0.790. The molecule has 0 saturated carbocycles. The molecule has 0 aliphatic rings. The van der Waals surface area contributed by atoms with Crippen molar-refractivity contribution < 1.29 is 0 Å². The quantitative estimate of drug-likeness (QED) is 0.917. The summed E-state index contributed by atoms with van der Waals surface area (Å²) in [5, 5.41) is 12.4. The van der Waals surface area contributed by atoms with Crippen LogP contribution in [0.25, 0.3) is 0 Å². The van der Waals surface area contributed by atoms with E-state index >= 15 is 0 Å². The zero-order chi connectivity index (χ0) is 14.5. The van der Waals surface area contributed by atoms with E-state index in [4.69, 9.17) is 11.6 Å². The van der Waals surface area contributed by atoms with Gasteiger partial charge in [0.05, 0.1) is 22.1 Å². The second kappa shape index (κ2) is 6.76. The molecule has 5 heteroatoms. The molecule has 0 spiro atoms. The van der Waals surface area contributed by atoms with E-state index in [0.29, 0.717) is 5.56 Å². The molecule has 2 aromatic rings. The van der Waals surface area contributed by atoms with Crippen LogP contribution >= 0.6 is 22.9 Å². The van der Waals surface area contributed by atoms with Gasteiger partial charge in [-0.2, -0.15) is 5.26 Å². The molecule has 20 heavy (non-hydrogen) atoms. The summed E-state index contributed by atoms with van der Waals surface area (Å²) in [6.07, 6.45) is 0. The minimum atomic E-state index is 0.697. The molecule has 0 bridgehead atoms. The SMILES string of the molecule is CNCc1ccc(N(C)Cc2ccc(Cl)s2)c(C#N)c1. The van der Waals surface area contributed by atoms with Crippen LogP contribution in [0.3, 0.4) is 0 Å². The highest BCUT2D eigenvalue weighted by atomic mass is 35.5. The number of hydrogen-bond donors (Lipinski definition) is 1. The molecular weight excluding hydrogens is 290 g/mol. The van der Waals surface area contributed by atoms with Gasteiger partial charge in [0.15, 0.2) is 0 Å². The highest BCUT2D eigenvalue weighted by Gasteiger charge is 2.10. The Balaban J connectivity index is 2.21. The van der Waals surface area contributed by atoms with E-state index in [1.807, 2.05) is 44.4 Å². The van der Waals surface area contributed by atoms with Gasteiger partial charge in [-0.1, -0.05) is 17.7 Å². The van der Waals surface area contributed by atoms with Crippen LogP contribution in [-0.2, 0) is 13.1 Å². The van der Waals surface area contributed by atoms with E-state index in [-0.39, 0.29) is 0 Å². The molecule has 3 nitrogen and oxygen atoms in total. The first-order chi connectivity index (χ1) is 9.63. The molecule has 0 aliphatic heterocycles. The average molecular weight is 306 g/mol. The van der Waals surface area contributed by atoms with Crippen molar-refractivity contribution in [2.24, 2.45) is 0 Å². The molecule has 1 aromatic heterocycles. The maximum Gasteiger partial charge on any atom is 0.101 e. The molecule has 0 unspecified atom stereocenters. The zero-order valence-electron chi connectivity index (χ0n) is 11.5. The lowest BCUT2D eigenvalue weighted by molar-refractivity contribution is 0.816. The summed E-state index contributed by atoms with van der Waals surface area (Å²) >= 11 is 7.51. The molecular formula is C15H16ClN3S. The fourth-order valence-corrected chi connectivity index (χ4v) is 3.22. The number of thiophene rings is 1. The molecule has 2 rings (SSSR count). The minimum absolute atomic E-state index is 0.697. The topological polar surface area (TPSA) is 39.1 Å². The van der Waals surface area contributed by atoms with Crippen molar-refractivity contribution >= 4 is 28.6 Å². The number of hydrogen-bond acceptors (Lipinski definition) is 4. The molecule has 0 radical (unpaired) electrons. The summed E-state index contributed by atoms with van der Waals surface area (Å²) in [5.41, 5.74) is 2.75. The van der Waals surface area contributed by atoms with Gasteiger partial charge in [-0.3, -0.25) is 0 Å². The van der Waals surface area contributed by atoms with E-state index < -0.39 is 0 Å². The van der Waals surface area contributed by atoms with Gasteiger partial charge < -0.3 is 10.2 Å². The van der Waals surface area contributed by atoms with E-state index in [9.17, 15) is 5.26 Å². The first-order valence-electron chi connectivity index (χ1n) is 6.27. The van der Waals surface area contributed by atoms with Gasteiger partial charge in [-0.25, -0.2) is 0 Å². The molecule has 0 amide bonds. The van der Waals surface area contributed by atoms with Crippen LogP contribution in [0.2, 0.25) is 4.34 Å². The third kappa shape index (κ3) is 3.51. The third-order valence-electron chi connectivity index (χ3n) is 3.00. The Kier molecular flexibility index (Phi) is 5.02. The number of benzene rings is 1. The Morgan fingerprint density at radius 3 is 2.75 bits per heavy atom. The van der Waals surface area contributed by atoms with E-state index in [1.165, 1.54) is 4.88 Å². The van der Waals surface area contributed by atoms with Gasteiger partial charge in [0.2, 0.25) is 0 Å². The fraction of sp³-hybridized carbons (Fsp3) is 0.267. The van der Waals surface area contributed by atoms with Crippen LogP contribution in [0, 0.1) is 11.3 Å². The molecule has 1 aromatic carbocycles. The average Bonchev–Trinajstić information content (AvgIpc) is 2.84. The van der Waals surface area contributed by atoms with Crippen molar-refractivity contribution in [1.82, 2.24) is 5.32 Å². The zero-order valence-corrected chi connectivity index (χ0v) is 13.1. The smallest absolute Gasteiger partial charge is 0.101 e. The van der Waals surface area contributed by atoms with Crippen LogP contribution in [0.4, 0.5) is 5.69 Å². The highest BCUT2D eigenvalue weighted by Crippen LogP contribution is 2.26. The Labute approximate surface area is 128 Å². The third-order valence-corrected chi connectivity index (χ3v) is 4.21. The first-order valence-corrected chi connectivity index (χ1v) is 7.46. The number of halogens is 1. The second-order valence-electron chi connectivity index (χ2n) is 4.56. The highest BCUT2D eigenvalue weighted by molar-refractivity contribution is 7.16. The Bertz CT molecular complexity index is 630. The van der Waals surface area contributed by atoms with Gasteiger partial charge in [0, 0.05) is 18.5 Å². The predicted molar refractivity (Wildman–Crippen MR) is 85.4 cm³/mol. The second-order valence-corrected chi connectivity index (χ2v) is 6.36. The van der Waals surface area contributed by atoms with Crippen molar-refractivity contribution in [2.45, 2.75) is 13.1 Å². The van der Waals surface area contributed by atoms with Crippen molar-refractivity contribution in [3.63, 3.8) is 0 Å². The first kappa shape index (κ1) is 14.9. The standard InChI is InChI=1S/C15H16ClN3S/c1-18-9-11-3-5-14(12(7-11)8-17)19(2)10-13-4-6-15(16)20-13/h3-7,18H,9-10H2,1-2H3. The Morgan fingerprint density at radius 2 is 2.15 bits per heavy atom. The number of nitrogens with one attached hydrogen (secondary N) is 1. The van der Waals surface area contributed by atoms with E-state index in [0.717, 1.165) is 28.7 Å². The lowest BCUT2D eigenvalue weighted by Gasteiger charge is -2.20. The van der Waals surface area contributed by atoms with Gasteiger partial charge in [-0.15, -0.1) is 11.3 Å². The van der Waals surface area contributed by atoms with Gasteiger partial charge in [-0.05, 0) is 36.9 Å². The molecule has 0 fully saturated rings. The molecule has 104 valence electrons. The summed E-state index contributed by atoms with van der Waals surface area (Å²) in [6, 6.07) is 12.2. The molecule has 0 atom stereocenters. The van der Waals surface area contributed by atoms with Crippen molar-refractivity contribution in [3.05, 3.63) is 50.7 Å². The number of anilines is 1. The van der Waals surface area contributed by atoms with E-state index in [1.54, 1.807) is 11.3 Å². The minimum Gasteiger partial charge on any atom is -0.368 e. The van der Waals surface area contributed by atoms with Crippen LogP contribution in [0.15, 0.2) is 30.3 Å². The molecule has 1 N–H and O–H groups in total. The number of rotatable bonds is 5. The summed E-state index contributed by atoms with van der Waals surface area (Å²) in [7, 11) is 3.88. The van der Waals surface area contributed by atoms with Crippen molar-refractivity contribution in [2.75, 3.05) is 19.0 Å². The van der Waals surface area contributed by atoms with Crippen molar-refractivity contribution in [3.8, 4) is 6.07 Å². The summed E-state index contributed by atoms with van der Waals surface area (Å²) in [6.45, 7) is 1.51. The Hall–Kier alpha value is -1.54. The fourth-order valence-electron chi connectivity index (χ4n) is 2.08. The molecule has 1 heterocycles. The Morgan fingerprint density at radius 1 is 1.35 bits per heavy atom. The monoisotopic (exact) mass is 305 g/mol. The number of nitrogens with zero attached hydrogens (tertiary/aromatic N) is 2. The van der Waals surface area contributed by atoms with E-state index in [2.05, 4.69) is 16.3 Å². The number of nitriles is 1. The van der Waals surface area contributed by atoms with Crippen molar-refractivity contribution in [1.29, 1.82) is 5.26 Å². The maximum atomic E-state index is 9.31. The lowest BCUT2D eigenvalue weighted by Crippen LogP contribution is -2.17. The van der Waals surface area contributed by atoms with Crippen LogP contribution in [-0.4, -0.2) is 14.1 Å². The lowest BCUT2D eigenvalue weighted by atomic mass is 10.1. The van der Waals surface area contributed by atoms with Gasteiger partial charge in [0.25, 0.3) is 0 Å². The van der Waals surface area contributed by atoms with Gasteiger partial charge >= 0.3 is 0 Å². The van der Waals surface area contributed by atoms with Gasteiger partial charge in [0.1, 0.15) is 6.07 Å². The van der Waals surface area contributed by atoms with Crippen LogP contribution in [0.1, 0.15) is 16.0 Å². The summed E-state index contributed by atoms with van der Waals surface area (Å²) in [4.78, 5) is 3.25. The molecule has 0 saturated heterocycles. The van der Waals surface area contributed by atoms with Crippen LogP contribution < -0.4 is 10.2 Å². The largest absolute Gasteiger partial charge is 0.368 e.